The van der Waals surface area contributed by atoms with Crippen LogP contribution in [0.25, 0.3) is 0 Å². The fraction of sp³-hybridized carbons (Fsp3) is 0.625. The molecule has 0 saturated heterocycles. The van der Waals surface area contributed by atoms with Crippen LogP contribution in [0.4, 0.5) is 0 Å². The smallest absolute Gasteiger partial charge is 0.0602 e. The second-order valence-corrected chi connectivity index (χ2v) is 7.14. The third-order valence-electron chi connectivity index (χ3n) is 2.74. The van der Waals surface area contributed by atoms with E-state index < -0.39 is 0 Å². The van der Waals surface area contributed by atoms with E-state index in [1.54, 1.807) is 0 Å². The fourth-order valence-electron chi connectivity index (χ4n) is 1.83. The van der Waals surface area contributed by atoms with Crippen molar-refractivity contribution in [2.24, 2.45) is 0 Å². The van der Waals surface area contributed by atoms with Crippen LogP contribution in [0.5, 0.6) is 0 Å². The predicted molar refractivity (Wildman–Crippen MR) is 85.3 cm³/mol. The highest BCUT2D eigenvalue weighted by Crippen LogP contribution is 2.19. The first-order valence-corrected chi connectivity index (χ1v) is 7.74. The Morgan fingerprint density at radius 1 is 1.32 bits per heavy atom. The molecule has 0 spiro atoms. The normalized spacial score (nSPS) is 11.8. The van der Waals surface area contributed by atoms with Crippen molar-refractivity contribution in [3.05, 3.63) is 21.9 Å². The molecule has 0 atom stereocenters. The topological polar surface area (TPSA) is 15.3 Å². The molecule has 1 aromatic rings. The van der Waals surface area contributed by atoms with Crippen LogP contribution in [0.1, 0.15) is 43.9 Å². The molecule has 0 fully saturated rings. The van der Waals surface area contributed by atoms with E-state index in [2.05, 4.69) is 56.0 Å². The second-order valence-electron chi connectivity index (χ2n) is 5.89. The van der Waals surface area contributed by atoms with E-state index >= 15 is 0 Å². The maximum Gasteiger partial charge on any atom is 0.0602 e. The number of nitrogens with one attached hydrogen (secondary N) is 1. The van der Waals surface area contributed by atoms with E-state index in [1.807, 2.05) is 11.3 Å². The Hall–Kier alpha value is -0.820. The average molecular weight is 278 g/mol. The van der Waals surface area contributed by atoms with Crippen LogP contribution >= 0.6 is 11.3 Å². The van der Waals surface area contributed by atoms with Crippen LogP contribution in [0.15, 0.2) is 12.1 Å². The molecule has 0 amide bonds. The first-order valence-electron chi connectivity index (χ1n) is 6.93. The Morgan fingerprint density at radius 3 is 2.58 bits per heavy atom. The minimum atomic E-state index is 0.169. The van der Waals surface area contributed by atoms with Crippen LogP contribution in [0.2, 0.25) is 0 Å². The van der Waals surface area contributed by atoms with Gasteiger partial charge >= 0.3 is 0 Å². The number of thiophene rings is 1. The Balaban J connectivity index is 2.51. The van der Waals surface area contributed by atoms with Gasteiger partial charge in [-0.15, -0.1) is 17.8 Å². The molecule has 2 nitrogen and oxygen atoms in total. The Labute approximate surface area is 122 Å². The molecule has 0 bridgehead atoms. The lowest BCUT2D eigenvalue weighted by Gasteiger charge is -2.20. The standard InChI is InChI=1S/C16H26N2S/c1-6-10-18(11-7-2)13-15-9-8-14(19-15)12-17-16(3,4)5/h1,8-9,17H,7,10-13H2,2-5H3. The second kappa shape index (κ2) is 7.69. The van der Waals surface area contributed by atoms with Gasteiger partial charge < -0.3 is 5.32 Å². The van der Waals surface area contributed by atoms with Crippen molar-refractivity contribution in [2.75, 3.05) is 13.1 Å². The Morgan fingerprint density at radius 2 is 2.00 bits per heavy atom. The lowest BCUT2D eigenvalue weighted by molar-refractivity contribution is 0.302. The van der Waals surface area contributed by atoms with Gasteiger partial charge in [-0.1, -0.05) is 12.8 Å². The number of terminal acetylenes is 1. The van der Waals surface area contributed by atoms with Gasteiger partial charge in [-0.25, -0.2) is 0 Å². The average Bonchev–Trinajstić information content (AvgIpc) is 2.74. The zero-order valence-corrected chi connectivity index (χ0v) is 13.4. The van der Waals surface area contributed by atoms with Crippen molar-refractivity contribution >= 4 is 11.3 Å². The van der Waals surface area contributed by atoms with Crippen molar-refractivity contribution in [2.45, 2.75) is 52.7 Å². The van der Waals surface area contributed by atoms with Gasteiger partial charge in [-0.05, 0) is 45.9 Å². The van der Waals surface area contributed by atoms with E-state index in [0.717, 1.165) is 32.6 Å². The van der Waals surface area contributed by atoms with E-state index in [0.29, 0.717) is 0 Å². The molecule has 0 unspecified atom stereocenters. The molecular weight excluding hydrogens is 252 g/mol. The first kappa shape index (κ1) is 16.2. The first-order chi connectivity index (χ1) is 8.94. The summed E-state index contributed by atoms with van der Waals surface area (Å²) in [6, 6.07) is 4.45. The van der Waals surface area contributed by atoms with E-state index in [1.165, 1.54) is 9.75 Å². The van der Waals surface area contributed by atoms with E-state index in [4.69, 9.17) is 6.42 Å². The molecule has 0 aliphatic heterocycles. The zero-order chi connectivity index (χ0) is 14.3. The number of rotatable bonds is 7. The highest BCUT2D eigenvalue weighted by Gasteiger charge is 2.10. The minimum absolute atomic E-state index is 0.169. The molecule has 1 heterocycles. The van der Waals surface area contributed by atoms with E-state index in [-0.39, 0.29) is 5.54 Å². The molecule has 1 N–H and O–H groups in total. The van der Waals surface area contributed by atoms with Crippen molar-refractivity contribution < 1.29 is 0 Å². The van der Waals surface area contributed by atoms with Gasteiger partial charge in [-0.3, -0.25) is 4.90 Å². The van der Waals surface area contributed by atoms with E-state index in [9.17, 15) is 0 Å². The van der Waals surface area contributed by atoms with Gasteiger partial charge in [0.25, 0.3) is 0 Å². The molecular formula is C16H26N2S. The summed E-state index contributed by atoms with van der Waals surface area (Å²) in [5.41, 5.74) is 0.169. The van der Waals surface area contributed by atoms with Crippen molar-refractivity contribution in [1.82, 2.24) is 10.2 Å². The quantitative estimate of drug-likeness (QED) is 0.768. The number of hydrogen-bond donors (Lipinski definition) is 1. The monoisotopic (exact) mass is 278 g/mol. The summed E-state index contributed by atoms with van der Waals surface area (Å²) in [6.07, 6.45) is 6.56. The molecule has 0 radical (unpaired) electrons. The highest BCUT2D eigenvalue weighted by molar-refractivity contribution is 7.11. The lowest BCUT2D eigenvalue weighted by Crippen LogP contribution is -2.34. The van der Waals surface area contributed by atoms with Crippen LogP contribution in [-0.2, 0) is 13.1 Å². The maximum atomic E-state index is 5.42. The molecule has 1 rings (SSSR count). The fourth-order valence-corrected chi connectivity index (χ4v) is 2.83. The highest BCUT2D eigenvalue weighted by atomic mass is 32.1. The van der Waals surface area contributed by atoms with Gasteiger partial charge in [0.1, 0.15) is 0 Å². The van der Waals surface area contributed by atoms with Gasteiger partial charge in [0.2, 0.25) is 0 Å². The molecule has 1 aromatic heterocycles. The zero-order valence-electron chi connectivity index (χ0n) is 12.6. The molecule has 0 aliphatic rings. The van der Waals surface area contributed by atoms with Crippen molar-refractivity contribution in [1.29, 1.82) is 0 Å². The van der Waals surface area contributed by atoms with Gasteiger partial charge in [-0.2, -0.15) is 0 Å². The third kappa shape index (κ3) is 6.77. The van der Waals surface area contributed by atoms with Gasteiger partial charge in [0.15, 0.2) is 0 Å². The summed E-state index contributed by atoms with van der Waals surface area (Å²) in [6.45, 7) is 12.5. The number of hydrogen-bond acceptors (Lipinski definition) is 3. The molecule has 19 heavy (non-hydrogen) atoms. The van der Waals surface area contributed by atoms with Crippen molar-refractivity contribution in [3.8, 4) is 12.3 Å². The molecule has 3 heteroatoms. The largest absolute Gasteiger partial charge is 0.307 e. The summed E-state index contributed by atoms with van der Waals surface area (Å²) >= 11 is 1.88. The Kier molecular flexibility index (Phi) is 6.57. The number of nitrogens with zero attached hydrogens (tertiary/aromatic N) is 1. The summed E-state index contributed by atoms with van der Waals surface area (Å²) in [4.78, 5) is 5.11. The van der Waals surface area contributed by atoms with Crippen molar-refractivity contribution in [3.63, 3.8) is 0 Å². The maximum absolute atomic E-state index is 5.42. The van der Waals surface area contributed by atoms with Gasteiger partial charge in [0.05, 0.1) is 6.54 Å². The predicted octanol–water partition coefficient (Wildman–Crippen LogP) is 3.48. The molecule has 0 aliphatic carbocycles. The summed E-state index contributed by atoms with van der Waals surface area (Å²) in [5.74, 6) is 2.74. The third-order valence-corrected chi connectivity index (χ3v) is 3.81. The van der Waals surface area contributed by atoms with Crippen LogP contribution in [0, 0.1) is 12.3 Å². The molecule has 106 valence electrons. The summed E-state index contributed by atoms with van der Waals surface area (Å²) < 4.78 is 0. The van der Waals surface area contributed by atoms with Gasteiger partial charge in [0, 0.05) is 28.4 Å². The minimum Gasteiger partial charge on any atom is -0.307 e. The molecule has 0 saturated carbocycles. The molecule has 0 aromatic carbocycles. The van der Waals surface area contributed by atoms with Crippen LogP contribution < -0.4 is 5.32 Å². The Bertz CT molecular complexity index is 409. The SMILES string of the molecule is C#CCN(CCC)Cc1ccc(CNC(C)(C)C)s1. The summed E-state index contributed by atoms with van der Waals surface area (Å²) in [5, 5.41) is 3.52. The summed E-state index contributed by atoms with van der Waals surface area (Å²) in [7, 11) is 0. The van der Waals surface area contributed by atoms with Crippen LogP contribution in [0.3, 0.4) is 0 Å². The van der Waals surface area contributed by atoms with Crippen LogP contribution in [-0.4, -0.2) is 23.5 Å². The lowest BCUT2D eigenvalue weighted by atomic mass is 10.1.